The Kier molecular flexibility index (Phi) is 14.7. The predicted molar refractivity (Wildman–Crippen MR) is 125 cm³/mol. The molecule has 2 N–H and O–H groups in total. The Balaban J connectivity index is 1.89. The van der Waals surface area contributed by atoms with Crippen LogP contribution in [-0.2, 0) is 10.0 Å². The summed E-state index contributed by atoms with van der Waals surface area (Å²) in [6.45, 7) is 2.27. The van der Waals surface area contributed by atoms with Crippen LogP contribution >= 0.6 is 0 Å². The first-order valence-electron chi connectivity index (χ1n) is 11.8. The van der Waals surface area contributed by atoms with Crippen LogP contribution < -0.4 is 4.72 Å². The minimum absolute atomic E-state index is 0.0388. The molecule has 0 saturated heterocycles. The number of hydrogen-bond donors (Lipinski definition) is 2. The summed E-state index contributed by atoms with van der Waals surface area (Å²) < 4.78 is 26.6. The van der Waals surface area contributed by atoms with Crippen molar-refractivity contribution in [1.82, 2.24) is 0 Å². The molecule has 0 aliphatic rings. The van der Waals surface area contributed by atoms with E-state index < -0.39 is 10.0 Å². The maximum atomic E-state index is 12.1. The van der Waals surface area contributed by atoms with Crippen LogP contribution in [0.4, 0.5) is 5.69 Å². The maximum Gasteiger partial charge on any atom is 0.232 e. The van der Waals surface area contributed by atoms with Crippen molar-refractivity contribution in [3.63, 3.8) is 0 Å². The number of phenols is 1. The molecule has 0 amide bonds. The van der Waals surface area contributed by atoms with E-state index in [9.17, 15) is 13.5 Å². The number of anilines is 1. The molecule has 168 valence electrons. The first kappa shape index (κ1) is 25.8. The average molecular weight is 426 g/mol. The van der Waals surface area contributed by atoms with Gasteiger partial charge in [-0.25, -0.2) is 8.42 Å². The molecule has 0 aromatic heterocycles. The zero-order valence-electron chi connectivity index (χ0n) is 18.5. The normalized spacial score (nSPS) is 11.6. The Hall–Kier alpha value is -1.23. The van der Waals surface area contributed by atoms with Crippen LogP contribution in [0.25, 0.3) is 0 Å². The lowest BCUT2D eigenvalue weighted by Crippen LogP contribution is -2.16. The number of phenolic OH excluding ortho intramolecular Hbond substituents is 1. The van der Waals surface area contributed by atoms with Gasteiger partial charge < -0.3 is 5.11 Å². The quantitative estimate of drug-likeness (QED) is 0.179. The summed E-state index contributed by atoms with van der Waals surface area (Å²) >= 11 is 0. The van der Waals surface area contributed by atoms with Crippen molar-refractivity contribution < 1.29 is 13.5 Å². The molecule has 0 bridgehead atoms. The average Bonchev–Trinajstić information content (AvgIpc) is 2.69. The van der Waals surface area contributed by atoms with Gasteiger partial charge in [-0.2, -0.15) is 0 Å². The van der Waals surface area contributed by atoms with Crippen molar-refractivity contribution in [3.05, 3.63) is 24.3 Å². The number of aromatic hydroxyl groups is 1. The van der Waals surface area contributed by atoms with E-state index in [2.05, 4.69) is 11.6 Å². The Bertz CT molecular complexity index is 616. The van der Waals surface area contributed by atoms with Crippen molar-refractivity contribution in [1.29, 1.82) is 0 Å². The van der Waals surface area contributed by atoms with E-state index in [1.54, 1.807) is 18.2 Å². The van der Waals surface area contributed by atoms with E-state index in [-0.39, 0.29) is 17.2 Å². The molecule has 0 fully saturated rings. The SMILES string of the molecule is CCCCCCCCCCCCCCCCCCS(=O)(=O)Nc1ccccc1O. The number of rotatable bonds is 19. The fourth-order valence-corrected chi connectivity index (χ4v) is 4.81. The largest absolute Gasteiger partial charge is 0.506 e. The topological polar surface area (TPSA) is 66.4 Å². The van der Waals surface area contributed by atoms with Gasteiger partial charge in [0.05, 0.1) is 11.4 Å². The van der Waals surface area contributed by atoms with Crippen molar-refractivity contribution >= 4 is 15.7 Å². The van der Waals surface area contributed by atoms with Crippen LogP contribution in [-0.4, -0.2) is 19.3 Å². The molecule has 0 atom stereocenters. The highest BCUT2D eigenvalue weighted by atomic mass is 32.2. The number of benzene rings is 1. The summed E-state index contributed by atoms with van der Waals surface area (Å²) in [5.41, 5.74) is 0.254. The van der Waals surface area contributed by atoms with Gasteiger partial charge in [0.1, 0.15) is 5.75 Å². The fourth-order valence-electron chi connectivity index (χ4n) is 3.62. The number of hydrogen-bond acceptors (Lipinski definition) is 3. The highest BCUT2D eigenvalue weighted by Gasteiger charge is 2.12. The van der Waals surface area contributed by atoms with Gasteiger partial charge in [-0.1, -0.05) is 115 Å². The van der Waals surface area contributed by atoms with E-state index in [1.165, 1.54) is 89.5 Å². The molecule has 0 aliphatic heterocycles. The summed E-state index contributed by atoms with van der Waals surface area (Å²) in [7, 11) is -3.39. The maximum absolute atomic E-state index is 12.1. The zero-order chi connectivity index (χ0) is 21.2. The minimum atomic E-state index is -3.39. The Labute approximate surface area is 179 Å². The first-order valence-corrected chi connectivity index (χ1v) is 13.5. The second-order valence-corrected chi connectivity index (χ2v) is 10.1. The Morgan fingerprint density at radius 2 is 1.10 bits per heavy atom. The van der Waals surface area contributed by atoms with Crippen molar-refractivity contribution in [2.45, 2.75) is 110 Å². The molecule has 0 saturated carbocycles. The summed E-state index contributed by atoms with van der Waals surface area (Å²) in [5.74, 6) is 0.0720. The summed E-state index contributed by atoms with van der Waals surface area (Å²) in [5, 5.41) is 9.66. The fraction of sp³-hybridized carbons (Fsp3) is 0.750. The number of unbranched alkanes of at least 4 members (excludes halogenated alkanes) is 15. The van der Waals surface area contributed by atoms with Gasteiger partial charge in [0, 0.05) is 0 Å². The third kappa shape index (κ3) is 14.4. The Morgan fingerprint density at radius 3 is 1.55 bits per heavy atom. The van der Waals surface area contributed by atoms with Gasteiger partial charge >= 0.3 is 0 Å². The summed E-state index contributed by atoms with van der Waals surface area (Å²) in [6.07, 6.45) is 20.4. The molecule has 0 radical (unpaired) electrons. The van der Waals surface area contributed by atoms with Gasteiger partial charge in [0.25, 0.3) is 0 Å². The van der Waals surface area contributed by atoms with Crippen LogP contribution in [0.3, 0.4) is 0 Å². The van der Waals surface area contributed by atoms with Crippen LogP contribution in [0, 0.1) is 0 Å². The van der Waals surface area contributed by atoms with E-state index in [0.29, 0.717) is 6.42 Å². The second kappa shape index (κ2) is 16.6. The van der Waals surface area contributed by atoms with Crippen LogP contribution in [0.1, 0.15) is 110 Å². The number of sulfonamides is 1. The van der Waals surface area contributed by atoms with Crippen molar-refractivity contribution in [2.75, 3.05) is 10.5 Å². The van der Waals surface area contributed by atoms with Crippen molar-refractivity contribution in [2.24, 2.45) is 0 Å². The third-order valence-electron chi connectivity index (χ3n) is 5.44. The molecule has 1 aromatic rings. The number of para-hydroxylation sites is 2. The molecular weight excluding hydrogens is 382 g/mol. The smallest absolute Gasteiger partial charge is 0.232 e. The number of nitrogens with one attached hydrogen (secondary N) is 1. The van der Waals surface area contributed by atoms with E-state index in [4.69, 9.17) is 0 Å². The predicted octanol–water partition coefficient (Wildman–Crippen LogP) is 7.40. The van der Waals surface area contributed by atoms with Gasteiger partial charge in [0.15, 0.2) is 0 Å². The van der Waals surface area contributed by atoms with Gasteiger partial charge in [-0.15, -0.1) is 0 Å². The zero-order valence-corrected chi connectivity index (χ0v) is 19.3. The van der Waals surface area contributed by atoms with Crippen LogP contribution in [0.2, 0.25) is 0 Å². The van der Waals surface area contributed by atoms with Gasteiger partial charge in [0.2, 0.25) is 10.0 Å². The molecule has 0 spiro atoms. The minimum Gasteiger partial charge on any atom is -0.506 e. The highest BCUT2D eigenvalue weighted by molar-refractivity contribution is 7.92. The van der Waals surface area contributed by atoms with Gasteiger partial charge in [-0.3, -0.25) is 4.72 Å². The van der Waals surface area contributed by atoms with Gasteiger partial charge in [-0.05, 0) is 18.6 Å². The summed E-state index contributed by atoms with van der Waals surface area (Å²) in [6, 6.07) is 6.42. The molecular formula is C24H43NO3S. The summed E-state index contributed by atoms with van der Waals surface area (Å²) in [4.78, 5) is 0. The molecule has 4 nitrogen and oxygen atoms in total. The Morgan fingerprint density at radius 1 is 0.690 bits per heavy atom. The standard InChI is InChI=1S/C24H43NO3S/c1-2-3-4-5-6-7-8-9-10-11-12-13-14-15-16-19-22-29(27,28)25-23-20-17-18-21-24(23)26/h17-18,20-21,25-26H,2-16,19,22H2,1H3. The van der Waals surface area contributed by atoms with E-state index in [0.717, 1.165) is 12.8 Å². The molecule has 0 aliphatic carbocycles. The molecule has 5 heteroatoms. The van der Waals surface area contributed by atoms with E-state index >= 15 is 0 Å². The highest BCUT2D eigenvalue weighted by Crippen LogP contribution is 2.23. The lowest BCUT2D eigenvalue weighted by molar-refractivity contribution is 0.477. The molecule has 0 heterocycles. The molecule has 1 rings (SSSR count). The second-order valence-electron chi connectivity index (χ2n) is 8.24. The van der Waals surface area contributed by atoms with Crippen LogP contribution in [0.15, 0.2) is 24.3 Å². The molecule has 0 unspecified atom stereocenters. The lowest BCUT2D eigenvalue weighted by atomic mass is 10.0. The molecule has 29 heavy (non-hydrogen) atoms. The third-order valence-corrected chi connectivity index (χ3v) is 6.79. The first-order chi connectivity index (χ1) is 14.0. The van der Waals surface area contributed by atoms with E-state index in [1.807, 2.05) is 0 Å². The van der Waals surface area contributed by atoms with Crippen molar-refractivity contribution in [3.8, 4) is 5.75 Å². The van der Waals surface area contributed by atoms with Crippen LogP contribution in [0.5, 0.6) is 5.75 Å². The lowest BCUT2D eigenvalue weighted by Gasteiger charge is -2.09. The monoisotopic (exact) mass is 425 g/mol. The molecule has 1 aromatic carbocycles.